The van der Waals surface area contributed by atoms with Crippen LogP contribution in [0.2, 0.25) is 0 Å². The van der Waals surface area contributed by atoms with E-state index in [2.05, 4.69) is 4.98 Å². The van der Waals surface area contributed by atoms with Gasteiger partial charge in [-0.25, -0.2) is 4.98 Å². The van der Waals surface area contributed by atoms with E-state index in [0.29, 0.717) is 38.9 Å². The first kappa shape index (κ1) is 18.1. The van der Waals surface area contributed by atoms with Crippen molar-refractivity contribution >= 4 is 11.7 Å². The maximum Gasteiger partial charge on any atom is 0.409 e. The minimum absolute atomic E-state index is 0.0296. The summed E-state index contributed by atoms with van der Waals surface area (Å²) >= 11 is 0. The third kappa shape index (κ3) is 5.14. The number of piperazine rings is 1. The van der Waals surface area contributed by atoms with Crippen molar-refractivity contribution in [1.82, 2.24) is 9.88 Å². The summed E-state index contributed by atoms with van der Waals surface area (Å²) in [6.07, 6.45) is -3.93. The molecular weight excluding hydrogens is 323 g/mol. The Bertz CT molecular complexity index is 609. The maximum atomic E-state index is 12.1. The van der Waals surface area contributed by atoms with Crippen molar-refractivity contribution in [2.45, 2.75) is 20.0 Å². The molecule has 0 N–H and O–H groups in total. The van der Waals surface area contributed by atoms with E-state index in [1.807, 2.05) is 30.9 Å². The van der Waals surface area contributed by atoms with E-state index in [0.717, 1.165) is 17.3 Å². The molecular formula is C16H20F3N3O2. The number of ether oxygens (including phenoxy) is 1. The first-order chi connectivity index (χ1) is 11.3. The van der Waals surface area contributed by atoms with Crippen molar-refractivity contribution in [3.05, 3.63) is 30.0 Å². The van der Waals surface area contributed by atoms with Crippen molar-refractivity contribution in [2.75, 3.05) is 37.7 Å². The third-order valence-corrected chi connectivity index (χ3v) is 3.55. The van der Waals surface area contributed by atoms with Gasteiger partial charge in [-0.15, -0.1) is 0 Å². The fourth-order valence-electron chi connectivity index (χ4n) is 2.46. The standard InChI is InChI=1S/C16H20F3N3O2/c1-3-24-13-10-12(2)20-14(11-13)21-6-8-22(9-7-21)15(23)4-5-16(17,18)19/h4-5,10-11H,3,6-9H2,1-2H3. The summed E-state index contributed by atoms with van der Waals surface area (Å²) < 4.78 is 41.9. The molecule has 0 aromatic carbocycles. The summed E-state index contributed by atoms with van der Waals surface area (Å²) in [5.41, 5.74) is 0.822. The monoisotopic (exact) mass is 343 g/mol. The molecule has 1 aromatic heterocycles. The van der Waals surface area contributed by atoms with Crippen LogP contribution < -0.4 is 9.64 Å². The van der Waals surface area contributed by atoms with Gasteiger partial charge in [0.05, 0.1) is 6.61 Å². The highest BCUT2D eigenvalue weighted by molar-refractivity contribution is 5.87. The van der Waals surface area contributed by atoms with Crippen LogP contribution in [0.1, 0.15) is 12.6 Å². The predicted octanol–water partition coefficient (Wildman–Crippen LogP) is 2.56. The molecule has 0 unspecified atom stereocenters. The minimum Gasteiger partial charge on any atom is -0.494 e. The van der Waals surface area contributed by atoms with Crippen molar-refractivity contribution in [1.29, 1.82) is 0 Å². The molecule has 0 bridgehead atoms. The zero-order valence-corrected chi connectivity index (χ0v) is 13.6. The molecule has 0 saturated carbocycles. The second-order valence-electron chi connectivity index (χ2n) is 5.42. The molecule has 2 heterocycles. The van der Waals surface area contributed by atoms with Gasteiger partial charge in [-0.05, 0) is 13.8 Å². The smallest absolute Gasteiger partial charge is 0.409 e. The van der Waals surface area contributed by atoms with Gasteiger partial charge < -0.3 is 14.5 Å². The number of carbonyl (C=O) groups is 1. The van der Waals surface area contributed by atoms with Gasteiger partial charge in [0.25, 0.3) is 0 Å². The number of hydrogen-bond donors (Lipinski definition) is 0. The number of halogens is 3. The Balaban J connectivity index is 1.98. The van der Waals surface area contributed by atoms with Crippen LogP contribution >= 0.6 is 0 Å². The van der Waals surface area contributed by atoms with Crippen molar-refractivity contribution in [3.8, 4) is 5.75 Å². The van der Waals surface area contributed by atoms with Gasteiger partial charge in [-0.3, -0.25) is 4.79 Å². The number of nitrogens with zero attached hydrogens (tertiary/aromatic N) is 3. The molecule has 1 amide bonds. The second kappa shape index (κ2) is 7.55. The number of rotatable bonds is 4. The second-order valence-corrected chi connectivity index (χ2v) is 5.42. The topological polar surface area (TPSA) is 45.7 Å². The van der Waals surface area contributed by atoms with Crippen LogP contribution in [0.5, 0.6) is 5.75 Å². The fraction of sp³-hybridized carbons (Fsp3) is 0.500. The molecule has 1 aliphatic rings. The van der Waals surface area contributed by atoms with E-state index in [-0.39, 0.29) is 6.08 Å². The summed E-state index contributed by atoms with van der Waals surface area (Å²) in [6, 6.07) is 3.67. The Morgan fingerprint density at radius 3 is 2.54 bits per heavy atom. The Labute approximate surface area is 138 Å². The van der Waals surface area contributed by atoms with Crippen LogP contribution in [0.3, 0.4) is 0 Å². The van der Waals surface area contributed by atoms with E-state index in [9.17, 15) is 18.0 Å². The number of carbonyl (C=O) groups excluding carboxylic acids is 1. The molecule has 1 fully saturated rings. The van der Waals surface area contributed by atoms with Crippen LogP contribution in [-0.4, -0.2) is 54.8 Å². The number of amides is 1. The van der Waals surface area contributed by atoms with Gasteiger partial charge in [0, 0.05) is 56.2 Å². The molecule has 24 heavy (non-hydrogen) atoms. The minimum atomic E-state index is -4.47. The molecule has 1 aliphatic heterocycles. The van der Waals surface area contributed by atoms with Gasteiger partial charge in [0.15, 0.2) is 0 Å². The zero-order chi connectivity index (χ0) is 17.7. The average molecular weight is 343 g/mol. The van der Waals surface area contributed by atoms with Gasteiger partial charge in [-0.1, -0.05) is 0 Å². The normalized spacial score (nSPS) is 15.9. The SMILES string of the molecule is CCOc1cc(C)nc(N2CCN(C(=O)C=CC(F)(F)F)CC2)c1. The van der Waals surface area contributed by atoms with Crippen LogP contribution in [0, 0.1) is 6.92 Å². The van der Waals surface area contributed by atoms with Gasteiger partial charge in [-0.2, -0.15) is 13.2 Å². The highest BCUT2D eigenvalue weighted by Gasteiger charge is 2.25. The summed E-state index contributed by atoms with van der Waals surface area (Å²) in [5, 5.41) is 0. The fourth-order valence-corrected chi connectivity index (χ4v) is 2.46. The van der Waals surface area contributed by atoms with Crippen LogP contribution in [0.4, 0.5) is 19.0 Å². The third-order valence-electron chi connectivity index (χ3n) is 3.55. The Morgan fingerprint density at radius 1 is 1.29 bits per heavy atom. The molecule has 2 rings (SSSR count). The number of hydrogen-bond acceptors (Lipinski definition) is 4. The molecule has 1 saturated heterocycles. The highest BCUT2D eigenvalue weighted by Crippen LogP contribution is 2.22. The van der Waals surface area contributed by atoms with E-state index >= 15 is 0 Å². The van der Waals surface area contributed by atoms with E-state index in [4.69, 9.17) is 4.74 Å². The number of aromatic nitrogens is 1. The van der Waals surface area contributed by atoms with Gasteiger partial charge in [0.1, 0.15) is 11.6 Å². The molecule has 0 spiro atoms. The average Bonchev–Trinajstić information content (AvgIpc) is 2.52. The summed E-state index contributed by atoms with van der Waals surface area (Å²) in [5.74, 6) is 0.849. The summed E-state index contributed by atoms with van der Waals surface area (Å²) in [7, 11) is 0. The molecule has 8 heteroatoms. The number of anilines is 1. The van der Waals surface area contributed by atoms with Gasteiger partial charge in [0.2, 0.25) is 5.91 Å². The van der Waals surface area contributed by atoms with Gasteiger partial charge >= 0.3 is 6.18 Å². The lowest BCUT2D eigenvalue weighted by molar-refractivity contribution is -0.127. The molecule has 0 radical (unpaired) electrons. The highest BCUT2D eigenvalue weighted by atomic mass is 19.4. The number of alkyl halides is 3. The molecule has 0 aliphatic carbocycles. The van der Waals surface area contributed by atoms with Crippen molar-refractivity contribution in [3.63, 3.8) is 0 Å². The zero-order valence-electron chi connectivity index (χ0n) is 13.6. The lowest BCUT2D eigenvalue weighted by Crippen LogP contribution is -2.48. The predicted molar refractivity (Wildman–Crippen MR) is 84.1 cm³/mol. The van der Waals surface area contributed by atoms with Crippen molar-refractivity contribution < 1.29 is 22.7 Å². The first-order valence-corrected chi connectivity index (χ1v) is 7.70. The molecule has 0 atom stereocenters. The van der Waals surface area contributed by atoms with Crippen LogP contribution in [0.15, 0.2) is 24.3 Å². The Kier molecular flexibility index (Phi) is 5.69. The summed E-state index contributed by atoms with van der Waals surface area (Å²) in [4.78, 5) is 19.6. The van der Waals surface area contributed by atoms with E-state index in [1.54, 1.807) is 0 Å². The first-order valence-electron chi connectivity index (χ1n) is 7.70. The Morgan fingerprint density at radius 2 is 1.96 bits per heavy atom. The largest absolute Gasteiger partial charge is 0.494 e. The van der Waals surface area contributed by atoms with Crippen LogP contribution in [0.25, 0.3) is 0 Å². The molecule has 132 valence electrons. The quantitative estimate of drug-likeness (QED) is 0.789. The number of pyridine rings is 1. The number of allylic oxidation sites excluding steroid dienone is 1. The molecule has 1 aromatic rings. The maximum absolute atomic E-state index is 12.1. The van der Waals surface area contributed by atoms with Crippen LogP contribution in [-0.2, 0) is 4.79 Å². The lowest BCUT2D eigenvalue weighted by atomic mass is 10.2. The van der Waals surface area contributed by atoms with E-state index < -0.39 is 12.1 Å². The molecule has 5 nitrogen and oxygen atoms in total. The van der Waals surface area contributed by atoms with Crippen molar-refractivity contribution in [2.24, 2.45) is 0 Å². The number of aryl methyl sites for hydroxylation is 1. The Hall–Kier alpha value is -2.25. The summed E-state index contributed by atoms with van der Waals surface area (Å²) in [6.45, 7) is 6.03. The lowest BCUT2D eigenvalue weighted by Gasteiger charge is -2.35. The van der Waals surface area contributed by atoms with E-state index in [1.165, 1.54) is 4.90 Å².